The molecule has 6 heteroatoms. The monoisotopic (exact) mass is 304 g/mol. The molecule has 1 atom stereocenters. The third kappa shape index (κ3) is 4.66. The van der Waals surface area contributed by atoms with Crippen LogP contribution in [0.5, 0.6) is 0 Å². The quantitative estimate of drug-likeness (QED) is 0.920. The summed E-state index contributed by atoms with van der Waals surface area (Å²) in [5.41, 5.74) is 6.49. The number of rotatable bonds is 3. The molecule has 2 N–H and O–H groups in total. The lowest BCUT2D eigenvalue weighted by molar-refractivity contribution is -0.137. The van der Waals surface area contributed by atoms with E-state index >= 15 is 0 Å². The second-order valence-electron chi connectivity index (χ2n) is 4.37. The van der Waals surface area contributed by atoms with E-state index in [1.807, 2.05) is 23.1 Å². The molecule has 1 heterocycles. The molecule has 1 saturated heterocycles. The number of nitrogens with two attached hydrogens (primary N) is 1. The molecule has 4 nitrogen and oxygen atoms in total. The first-order valence-corrected chi connectivity index (χ1v) is 6.40. The van der Waals surface area contributed by atoms with Crippen molar-refractivity contribution in [3.63, 3.8) is 0 Å². The molecule has 1 aliphatic heterocycles. The van der Waals surface area contributed by atoms with Gasteiger partial charge in [-0.15, -0.1) is 12.4 Å². The molecule has 0 spiro atoms. The van der Waals surface area contributed by atoms with Crippen molar-refractivity contribution in [1.29, 1.82) is 0 Å². The second-order valence-corrected chi connectivity index (χ2v) is 4.81. The fourth-order valence-electron chi connectivity index (χ4n) is 2.02. The molecule has 106 valence electrons. The van der Waals surface area contributed by atoms with Crippen molar-refractivity contribution >= 4 is 29.9 Å². The average molecular weight is 305 g/mol. The number of morpholine rings is 1. The Morgan fingerprint density at radius 3 is 3.00 bits per heavy atom. The molecular weight excluding hydrogens is 287 g/mol. The van der Waals surface area contributed by atoms with Crippen molar-refractivity contribution in [2.24, 2.45) is 5.73 Å². The van der Waals surface area contributed by atoms with Gasteiger partial charge in [0.15, 0.2) is 0 Å². The Morgan fingerprint density at radius 1 is 1.53 bits per heavy atom. The van der Waals surface area contributed by atoms with E-state index < -0.39 is 0 Å². The summed E-state index contributed by atoms with van der Waals surface area (Å²) in [6.07, 6.45) is 0.333. The highest BCUT2D eigenvalue weighted by atomic mass is 35.5. The number of benzene rings is 1. The highest BCUT2D eigenvalue weighted by molar-refractivity contribution is 6.30. The SMILES string of the molecule is Cl.NCC1CN(C(=O)Cc2cccc(Cl)c2)CCO1. The number of carbonyl (C=O) groups is 1. The summed E-state index contributed by atoms with van der Waals surface area (Å²) in [5.74, 6) is 0.0963. The number of carbonyl (C=O) groups excluding carboxylic acids is 1. The molecule has 0 aromatic heterocycles. The predicted molar refractivity (Wildman–Crippen MR) is 77.8 cm³/mol. The van der Waals surface area contributed by atoms with Crippen LogP contribution in [0.1, 0.15) is 5.56 Å². The van der Waals surface area contributed by atoms with Crippen LogP contribution in [0, 0.1) is 0 Å². The van der Waals surface area contributed by atoms with E-state index in [0.29, 0.717) is 37.7 Å². The topological polar surface area (TPSA) is 55.6 Å². The molecular formula is C13H18Cl2N2O2. The zero-order valence-electron chi connectivity index (χ0n) is 10.5. The number of hydrogen-bond donors (Lipinski definition) is 1. The largest absolute Gasteiger partial charge is 0.373 e. The molecule has 0 radical (unpaired) electrons. The van der Waals surface area contributed by atoms with E-state index in [0.717, 1.165) is 5.56 Å². The molecule has 1 aliphatic rings. The second kappa shape index (κ2) is 7.70. The van der Waals surface area contributed by atoms with Gasteiger partial charge in [-0.3, -0.25) is 4.79 Å². The van der Waals surface area contributed by atoms with Crippen molar-refractivity contribution in [3.8, 4) is 0 Å². The molecule has 0 saturated carbocycles. The summed E-state index contributed by atoms with van der Waals surface area (Å²) in [6, 6.07) is 7.38. The van der Waals surface area contributed by atoms with Crippen LogP contribution in [0.2, 0.25) is 5.02 Å². The van der Waals surface area contributed by atoms with Crippen LogP contribution < -0.4 is 5.73 Å². The molecule has 1 aromatic carbocycles. The molecule has 0 aliphatic carbocycles. The van der Waals surface area contributed by atoms with Gasteiger partial charge in [-0.25, -0.2) is 0 Å². The van der Waals surface area contributed by atoms with E-state index in [4.69, 9.17) is 22.1 Å². The molecule has 19 heavy (non-hydrogen) atoms. The van der Waals surface area contributed by atoms with Gasteiger partial charge in [0, 0.05) is 24.7 Å². The van der Waals surface area contributed by atoms with Crippen molar-refractivity contribution in [2.45, 2.75) is 12.5 Å². The van der Waals surface area contributed by atoms with Gasteiger partial charge in [-0.2, -0.15) is 0 Å². The first-order valence-electron chi connectivity index (χ1n) is 6.03. The standard InChI is InChI=1S/C13H17ClN2O2.ClH/c14-11-3-1-2-10(6-11)7-13(17)16-4-5-18-12(8-15)9-16;/h1-3,6,12H,4-5,7-9,15H2;1H. The number of ether oxygens (including phenoxy) is 1. The van der Waals surface area contributed by atoms with Gasteiger partial charge in [-0.05, 0) is 17.7 Å². The maximum atomic E-state index is 12.1. The maximum Gasteiger partial charge on any atom is 0.227 e. The lowest BCUT2D eigenvalue weighted by Crippen LogP contribution is -2.48. The zero-order chi connectivity index (χ0) is 13.0. The Kier molecular flexibility index (Phi) is 6.58. The smallest absolute Gasteiger partial charge is 0.227 e. The van der Waals surface area contributed by atoms with Crippen LogP contribution in [0.4, 0.5) is 0 Å². The molecule has 0 bridgehead atoms. The van der Waals surface area contributed by atoms with Gasteiger partial charge in [0.25, 0.3) is 0 Å². The third-order valence-corrected chi connectivity index (χ3v) is 3.23. The Balaban J connectivity index is 0.00000180. The number of halogens is 2. The minimum absolute atomic E-state index is 0. The van der Waals surface area contributed by atoms with E-state index in [2.05, 4.69) is 0 Å². The summed E-state index contributed by atoms with van der Waals surface area (Å²) >= 11 is 5.90. The highest BCUT2D eigenvalue weighted by Gasteiger charge is 2.23. The first-order chi connectivity index (χ1) is 8.69. The summed E-state index contributed by atoms with van der Waals surface area (Å²) in [6.45, 7) is 2.22. The van der Waals surface area contributed by atoms with E-state index in [1.54, 1.807) is 6.07 Å². The van der Waals surface area contributed by atoms with Gasteiger partial charge in [0.1, 0.15) is 0 Å². The Morgan fingerprint density at radius 2 is 2.32 bits per heavy atom. The molecule has 1 unspecified atom stereocenters. The highest BCUT2D eigenvalue weighted by Crippen LogP contribution is 2.13. The van der Waals surface area contributed by atoms with Crippen LogP contribution in [-0.2, 0) is 16.0 Å². The van der Waals surface area contributed by atoms with Crippen LogP contribution in [0.15, 0.2) is 24.3 Å². The predicted octanol–water partition coefficient (Wildman–Crippen LogP) is 1.49. The van der Waals surface area contributed by atoms with Crippen LogP contribution in [0.3, 0.4) is 0 Å². The van der Waals surface area contributed by atoms with Gasteiger partial charge in [0.2, 0.25) is 5.91 Å². The summed E-state index contributed by atoms with van der Waals surface area (Å²) in [7, 11) is 0. The van der Waals surface area contributed by atoms with Crippen LogP contribution in [-0.4, -0.2) is 43.2 Å². The summed E-state index contributed by atoms with van der Waals surface area (Å²) < 4.78 is 5.44. The van der Waals surface area contributed by atoms with E-state index in [-0.39, 0.29) is 24.4 Å². The third-order valence-electron chi connectivity index (χ3n) is 3.00. The lowest BCUT2D eigenvalue weighted by Gasteiger charge is -2.32. The Hall–Kier alpha value is -0.810. The van der Waals surface area contributed by atoms with E-state index in [9.17, 15) is 4.79 Å². The van der Waals surface area contributed by atoms with Gasteiger partial charge in [0.05, 0.1) is 19.1 Å². The minimum Gasteiger partial charge on any atom is -0.373 e. The molecule has 2 rings (SSSR count). The molecule has 1 amide bonds. The Bertz CT molecular complexity index is 429. The van der Waals surface area contributed by atoms with Crippen molar-refractivity contribution < 1.29 is 9.53 Å². The average Bonchev–Trinajstić information content (AvgIpc) is 2.39. The molecule has 1 fully saturated rings. The van der Waals surface area contributed by atoms with Crippen LogP contribution in [0.25, 0.3) is 0 Å². The summed E-state index contributed by atoms with van der Waals surface area (Å²) in [5, 5.41) is 0.655. The summed E-state index contributed by atoms with van der Waals surface area (Å²) in [4.78, 5) is 13.9. The van der Waals surface area contributed by atoms with Gasteiger partial charge in [-0.1, -0.05) is 23.7 Å². The van der Waals surface area contributed by atoms with Crippen LogP contribution >= 0.6 is 24.0 Å². The van der Waals surface area contributed by atoms with Crippen molar-refractivity contribution in [2.75, 3.05) is 26.2 Å². The first kappa shape index (κ1) is 16.2. The lowest BCUT2D eigenvalue weighted by atomic mass is 10.1. The number of hydrogen-bond acceptors (Lipinski definition) is 3. The normalized spacial score (nSPS) is 18.8. The zero-order valence-corrected chi connectivity index (χ0v) is 12.1. The van der Waals surface area contributed by atoms with Crippen molar-refractivity contribution in [1.82, 2.24) is 4.90 Å². The molecule has 1 aromatic rings. The van der Waals surface area contributed by atoms with Gasteiger partial charge >= 0.3 is 0 Å². The fourth-order valence-corrected chi connectivity index (χ4v) is 2.23. The van der Waals surface area contributed by atoms with Gasteiger partial charge < -0.3 is 15.4 Å². The fraction of sp³-hybridized carbons (Fsp3) is 0.462. The maximum absolute atomic E-state index is 12.1. The number of amides is 1. The van der Waals surface area contributed by atoms with E-state index in [1.165, 1.54) is 0 Å². The minimum atomic E-state index is -0.0398. The Labute approximate surface area is 124 Å². The van der Waals surface area contributed by atoms with Crippen molar-refractivity contribution in [3.05, 3.63) is 34.9 Å². The number of nitrogens with zero attached hydrogens (tertiary/aromatic N) is 1.